The lowest BCUT2D eigenvalue weighted by atomic mass is 10.1. The summed E-state index contributed by atoms with van der Waals surface area (Å²) in [6, 6.07) is 19.2. The van der Waals surface area contributed by atoms with Gasteiger partial charge in [-0.3, -0.25) is 19.1 Å². The van der Waals surface area contributed by atoms with Gasteiger partial charge < -0.3 is 5.32 Å². The van der Waals surface area contributed by atoms with Crippen LogP contribution in [0, 0.1) is 0 Å². The highest BCUT2D eigenvalue weighted by atomic mass is 32.2. The number of thioether (sulfide) groups is 1. The Labute approximate surface area is 188 Å². The zero-order valence-corrected chi connectivity index (χ0v) is 17.9. The summed E-state index contributed by atoms with van der Waals surface area (Å²) < 4.78 is 2.02. The van der Waals surface area contributed by atoms with E-state index in [9.17, 15) is 9.59 Å². The van der Waals surface area contributed by atoms with Gasteiger partial charge in [-0.25, -0.2) is 0 Å². The van der Waals surface area contributed by atoms with E-state index >= 15 is 0 Å². The molecule has 1 aliphatic rings. The number of carbonyl (C=O) groups excluding carboxylic acids is 2. The number of aromatic nitrogens is 4. The number of anilines is 1. The van der Waals surface area contributed by atoms with Crippen LogP contribution in [-0.2, 0) is 17.8 Å². The number of Topliss-reactive ketones (excluding diaryl/α,β-unsaturated/α-hetero) is 1. The van der Waals surface area contributed by atoms with Gasteiger partial charge in [-0.2, -0.15) is 0 Å². The van der Waals surface area contributed by atoms with Gasteiger partial charge in [-0.15, -0.1) is 10.2 Å². The highest BCUT2D eigenvalue weighted by Gasteiger charge is 2.20. The first-order valence-corrected chi connectivity index (χ1v) is 11.1. The molecule has 2 aromatic heterocycles. The number of hydrogen-bond donors (Lipinski definition) is 1. The van der Waals surface area contributed by atoms with Gasteiger partial charge >= 0.3 is 0 Å². The maximum Gasteiger partial charge on any atom is 0.228 e. The van der Waals surface area contributed by atoms with Gasteiger partial charge in [-0.1, -0.05) is 42.1 Å². The highest BCUT2D eigenvalue weighted by Crippen LogP contribution is 2.27. The Balaban J connectivity index is 1.39. The molecular weight excluding hydrogens is 422 g/mol. The van der Waals surface area contributed by atoms with Gasteiger partial charge in [0.1, 0.15) is 0 Å². The summed E-state index contributed by atoms with van der Waals surface area (Å²) >= 11 is 1.36. The number of nitrogens with one attached hydrogen (secondary N) is 1. The summed E-state index contributed by atoms with van der Waals surface area (Å²) in [4.78, 5) is 28.5. The molecule has 0 bridgehead atoms. The van der Waals surface area contributed by atoms with Crippen molar-refractivity contribution < 1.29 is 9.59 Å². The Hall–Kier alpha value is -3.78. The third kappa shape index (κ3) is 4.17. The molecule has 0 radical (unpaired) electrons. The van der Waals surface area contributed by atoms with Crippen LogP contribution >= 0.6 is 11.8 Å². The largest absolute Gasteiger partial charge is 0.326 e. The average Bonchev–Trinajstić information content (AvgIpc) is 3.40. The van der Waals surface area contributed by atoms with E-state index in [2.05, 4.69) is 32.6 Å². The lowest BCUT2D eigenvalue weighted by Gasteiger charge is -2.10. The van der Waals surface area contributed by atoms with Crippen LogP contribution in [-0.4, -0.2) is 37.2 Å². The van der Waals surface area contributed by atoms with Crippen LogP contribution in [0.4, 0.5) is 5.69 Å². The standard InChI is InChI=1S/C24H19N5O2S/c30-21(18-6-7-20-19(12-18)13-22(31)26-20)15-32-24-28-27-23(17-8-10-25-11-9-17)29(24)14-16-4-2-1-3-5-16/h1-12H,13-15H2,(H,26,31). The van der Waals surface area contributed by atoms with Crippen LogP contribution in [0.1, 0.15) is 21.5 Å². The van der Waals surface area contributed by atoms with Crippen molar-refractivity contribution in [2.45, 2.75) is 18.1 Å². The minimum atomic E-state index is -0.0448. The molecule has 1 amide bonds. The van der Waals surface area contributed by atoms with E-state index in [0.29, 0.717) is 23.7 Å². The summed E-state index contributed by atoms with van der Waals surface area (Å²) in [5, 5.41) is 12.2. The summed E-state index contributed by atoms with van der Waals surface area (Å²) in [7, 11) is 0. The first-order chi connectivity index (χ1) is 15.7. The van der Waals surface area contributed by atoms with Crippen molar-refractivity contribution in [2.75, 3.05) is 11.1 Å². The van der Waals surface area contributed by atoms with Crippen molar-refractivity contribution in [1.82, 2.24) is 19.7 Å². The Kier molecular flexibility index (Phi) is 5.51. The Bertz CT molecular complexity index is 1290. The van der Waals surface area contributed by atoms with Crippen molar-refractivity contribution in [3.8, 4) is 11.4 Å². The van der Waals surface area contributed by atoms with E-state index < -0.39 is 0 Å². The van der Waals surface area contributed by atoms with Crippen LogP contribution < -0.4 is 5.32 Å². The lowest BCUT2D eigenvalue weighted by Crippen LogP contribution is -2.07. The molecule has 1 N–H and O–H groups in total. The molecular formula is C24H19N5O2S. The number of rotatable bonds is 7. The van der Waals surface area contributed by atoms with Crippen molar-refractivity contribution >= 4 is 29.1 Å². The van der Waals surface area contributed by atoms with Crippen LogP contribution in [0.25, 0.3) is 11.4 Å². The monoisotopic (exact) mass is 441 g/mol. The van der Waals surface area contributed by atoms with E-state index in [4.69, 9.17) is 0 Å². The second-order valence-electron chi connectivity index (χ2n) is 7.42. The fourth-order valence-corrected chi connectivity index (χ4v) is 4.47. The molecule has 158 valence electrons. The second kappa shape index (κ2) is 8.76. The number of amides is 1. The molecule has 0 aliphatic carbocycles. The smallest absolute Gasteiger partial charge is 0.228 e. The van der Waals surface area contributed by atoms with Gasteiger partial charge in [0, 0.05) is 29.2 Å². The van der Waals surface area contributed by atoms with Gasteiger partial charge in [0.15, 0.2) is 16.8 Å². The minimum Gasteiger partial charge on any atom is -0.326 e. The molecule has 8 heteroatoms. The van der Waals surface area contributed by atoms with Crippen molar-refractivity contribution in [1.29, 1.82) is 0 Å². The highest BCUT2D eigenvalue weighted by molar-refractivity contribution is 7.99. The lowest BCUT2D eigenvalue weighted by molar-refractivity contribution is -0.115. The zero-order chi connectivity index (χ0) is 21.9. The number of pyridine rings is 1. The van der Waals surface area contributed by atoms with Crippen LogP contribution in [0.3, 0.4) is 0 Å². The zero-order valence-electron chi connectivity index (χ0n) is 17.1. The average molecular weight is 442 g/mol. The molecule has 0 fully saturated rings. The molecule has 0 saturated carbocycles. The Morgan fingerprint density at radius 2 is 1.84 bits per heavy atom. The molecule has 0 spiro atoms. The molecule has 2 aromatic carbocycles. The topological polar surface area (TPSA) is 89.8 Å². The van der Waals surface area contributed by atoms with Crippen molar-refractivity contribution in [3.05, 3.63) is 89.7 Å². The SMILES string of the molecule is O=C1Cc2cc(C(=O)CSc3nnc(-c4ccncc4)n3Cc3ccccc3)ccc2N1. The fraction of sp³-hybridized carbons (Fsp3) is 0.125. The predicted molar refractivity (Wildman–Crippen MR) is 123 cm³/mol. The molecule has 1 aliphatic heterocycles. The van der Waals surface area contributed by atoms with E-state index in [1.165, 1.54) is 11.8 Å². The predicted octanol–water partition coefficient (Wildman–Crippen LogP) is 3.86. The molecule has 7 nitrogen and oxygen atoms in total. The molecule has 5 rings (SSSR count). The maximum absolute atomic E-state index is 12.9. The fourth-order valence-electron chi connectivity index (χ4n) is 3.63. The first kappa shape index (κ1) is 20.1. The normalized spacial score (nSPS) is 12.4. The molecule has 4 aromatic rings. The van der Waals surface area contributed by atoms with Gasteiger partial charge in [0.05, 0.1) is 18.7 Å². The quantitative estimate of drug-likeness (QED) is 0.346. The van der Waals surface area contributed by atoms with E-state index in [1.807, 2.05) is 34.9 Å². The summed E-state index contributed by atoms with van der Waals surface area (Å²) in [5.41, 5.74) is 4.27. The molecule has 32 heavy (non-hydrogen) atoms. The Morgan fingerprint density at radius 1 is 1.03 bits per heavy atom. The number of nitrogens with zero attached hydrogens (tertiary/aromatic N) is 4. The van der Waals surface area contributed by atoms with Crippen molar-refractivity contribution in [3.63, 3.8) is 0 Å². The van der Waals surface area contributed by atoms with E-state index in [1.54, 1.807) is 30.6 Å². The summed E-state index contributed by atoms with van der Waals surface area (Å²) in [6.07, 6.45) is 3.76. The molecule has 0 atom stereocenters. The number of fused-ring (bicyclic) bond motifs is 1. The van der Waals surface area contributed by atoms with Crippen LogP contribution in [0.5, 0.6) is 0 Å². The number of carbonyl (C=O) groups is 2. The first-order valence-electron chi connectivity index (χ1n) is 10.1. The van der Waals surface area contributed by atoms with E-state index in [-0.39, 0.29) is 17.4 Å². The number of benzene rings is 2. The van der Waals surface area contributed by atoms with E-state index in [0.717, 1.165) is 28.2 Å². The van der Waals surface area contributed by atoms with Crippen LogP contribution in [0.2, 0.25) is 0 Å². The van der Waals surface area contributed by atoms with Gasteiger partial charge in [0.25, 0.3) is 0 Å². The second-order valence-corrected chi connectivity index (χ2v) is 8.37. The molecule has 0 saturated heterocycles. The van der Waals surface area contributed by atoms with Crippen molar-refractivity contribution in [2.24, 2.45) is 0 Å². The third-order valence-corrected chi connectivity index (χ3v) is 6.19. The molecule has 3 heterocycles. The van der Waals surface area contributed by atoms with Gasteiger partial charge in [-0.05, 0) is 41.5 Å². The number of ketones is 1. The maximum atomic E-state index is 12.9. The van der Waals surface area contributed by atoms with Gasteiger partial charge in [0.2, 0.25) is 5.91 Å². The minimum absolute atomic E-state index is 0.0168. The summed E-state index contributed by atoms with van der Waals surface area (Å²) in [6.45, 7) is 0.592. The van der Waals surface area contributed by atoms with Crippen LogP contribution in [0.15, 0.2) is 78.2 Å². The Morgan fingerprint density at radius 3 is 2.66 bits per heavy atom. The molecule has 0 unspecified atom stereocenters. The summed E-state index contributed by atoms with van der Waals surface area (Å²) in [5.74, 6) is 0.894. The number of hydrogen-bond acceptors (Lipinski definition) is 6. The third-order valence-electron chi connectivity index (χ3n) is 5.22.